The van der Waals surface area contributed by atoms with Crippen molar-refractivity contribution < 1.29 is 9.21 Å². The van der Waals surface area contributed by atoms with Crippen molar-refractivity contribution in [2.75, 3.05) is 7.05 Å². The van der Waals surface area contributed by atoms with Crippen LogP contribution < -0.4 is 5.32 Å². The lowest BCUT2D eigenvalue weighted by molar-refractivity contribution is 0.0938. The Hall–Kier alpha value is -1.77. The van der Waals surface area contributed by atoms with Gasteiger partial charge >= 0.3 is 0 Å². The molecule has 0 saturated carbocycles. The molecule has 1 aromatic carbocycles. The summed E-state index contributed by atoms with van der Waals surface area (Å²) in [6.45, 7) is 4.07. The summed E-state index contributed by atoms with van der Waals surface area (Å²) in [7, 11) is 1.59. The second kappa shape index (κ2) is 3.42. The standard InChI is InChI=1S/C12H13NO2/c1-7-4-9-6-11(12(14)13-3)15-10(9)5-8(7)2/h4-6H,1-3H3,(H,13,14). The molecule has 1 heterocycles. The Morgan fingerprint density at radius 2 is 1.87 bits per heavy atom. The molecule has 0 aliphatic heterocycles. The molecule has 78 valence electrons. The van der Waals surface area contributed by atoms with E-state index in [1.54, 1.807) is 13.1 Å². The zero-order chi connectivity index (χ0) is 11.0. The Morgan fingerprint density at radius 3 is 2.53 bits per heavy atom. The molecule has 2 aromatic rings. The van der Waals surface area contributed by atoms with E-state index < -0.39 is 0 Å². The Labute approximate surface area is 88.1 Å². The SMILES string of the molecule is CNC(=O)c1cc2cc(C)c(C)cc2o1. The fourth-order valence-electron chi connectivity index (χ4n) is 1.54. The van der Waals surface area contributed by atoms with Crippen molar-refractivity contribution in [2.24, 2.45) is 0 Å². The van der Waals surface area contributed by atoms with E-state index in [0.29, 0.717) is 5.76 Å². The number of amides is 1. The Morgan fingerprint density at radius 1 is 1.20 bits per heavy atom. The van der Waals surface area contributed by atoms with E-state index in [1.807, 2.05) is 26.0 Å². The van der Waals surface area contributed by atoms with Crippen molar-refractivity contribution in [3.05, 3.63) is 35.1 Å². The number of rotatable bonds is 1. The molecule has 0 saturated heterocycles. The topological polar surface area (TPSA) is 42.2 Å². The lowest BCUT2D eigenvalue weighted by Gasteiger charge is -1.97. The van der Waals surface area contributed by atoms with E-state index in [1.165, 1.54) is 11.1 Å². The number of benzene rings is 1. The van der Waals surface area contributed by atoms with Gasteiger partial charge in [0.1, 0.15) is 5.58 Å². The summed E-state index contributed by atoms with van der Waals surface area (Å²) in [5, 5.41) is 3.51. The summed E-state index contributed by atoms with van der Waals surface area (Å²) in [5.41, 5.74) is 3.13. The smallest absolute Gasteiger partial charge is 0.286 e. The van der Waals surface area contributed by atoms with Gasteiger partial charge in [0.05, 0.1) is 0 Å². The van der Waals surface area contributed by atoms with E-state index in [-0.39, 0.29) is 5.91 Å². The molecule has 1 aromatic heterocycles. The van der Waals surface area contributed by atoms with E-state index in [9.17, 15) is 4.79 Å². The van der Waals surface area contributed by atoms with Crippen LogP contribution in [0, 0.1) is 13.8 Å². The van der Waals surface area contributed by atoms with Crippen LogP contribution in [-0.4, -0.2) is 13.0 Å². The zero-order valence-corrected chi connectivity index (χ0v) is 9.05. The van der Waals surface area contributed by atoms with Gasteiger partial charge in [0.25, 0.3) is 5.91 Å². The molecule has 1 N–H and O–H groups in total. The van der Waals surface area contributed by atoms with Crippen LogP contribution in [0.2, 0.25) is 0 Å². The predicted octanol–water partition coefficient (Wildman–Crippen LogP) is 2.41. The second-order valence-electron chi connectivity index (χ2n) is 3.66. The van der Waals surface area contributed by atoms with Gasteiger partial charge < -0.3 is 9.73 Å². The van der Waals surface area contributed by atoms with Crippen LogP contribution in [0.25, 0.3) is 11.0 Å². The lowest BCUT2D eigenvalue weighted by Crippen LogP contribution is -2.16. The fourth-order valence-corrected chi connectivity index (χ4v) is 1.54. The lowest BCUT2D eigenvalue weighted by atomic mass is 10.1. The molecule has 2 rings (SSSR count). The molecule has 0 spiro atoms. The number of carbonyl (C=O) groups excluding carboxylic acids is 1. The number of furan rings is 1. The van der Waals surface area contributed by atoms with Crippen LogP contribution in [0.5, 0.6) is 0 Å². The van der Waals surface area contributed by atoms with Gasteiger partial charge in [-0.2, -0.15) is 0 Å². The van der Waals surface area contributed by atoms with Gasteiger partial charge in [-0.1, -0.05) is 0 Å². The van der Waals surface area contributed by atoms with Gasteiger partial charge in [-0.05, 0) is 43.2 Å². The fraction of sp³-hybridized carbons (Fsp3) is 0.250. The minimum absolute atomic E-state index is 0.193. The van der Waals surface area contributed by atoms with Crippen molar-refractivity contribution in [2.45, 2.75) is 13.8 Å². The molecule has 3 heteroatoms. The third kappa shape index (κ3) is 1.61. The largest absolute Gasteiger partial charge is 0.451 e. The number of fused-ring (bicyclic) bond motifs is 1. The Kier molecular flexibility index (Phi) is 2.23. The summed E-state index contributed by atoms with van der Waals surface area (Å²) in [6, 6.07) is 5.75. The van der Waals surface area contributed by atoms with Crippen LogP contribution >= 0.6 is 0 Å². The first-order chi connectivity index (χ1) is 7.11. The van der Waals surface area contributed by atoms with Crippen molar-refractivity contribution in [1.29, 1.82) is 0 Å². The van der Waals surface area contributed by atoms with Gasteiger partial charge in [0.2, 0.25) is 0 Å². The molecular formula is C12H13NO2. The molecule has 0 fully saturated rings. The first kappa shape index (κ1) is 9.77. The number of carbonyl (C=O) groups is 1. The molecule has 0 bridgehead atoms. The predicted molar refractivity (Wildman–Crippen MR) is 59.1 cm³/mol. The Balaban J connectivity index is 2.61. The van der Waals surface area contributed by atoms with Gasteiger partial charge in [-0.3, -0.25) is 4.79 Å². The maximum absolute atomic E-state index is 11.3. The van der Waals surface area contributed by atoms with Gasteiger partial charge in [-0.15, -0.1) is 0 Å². The van der Waals surface area contributed by atoms with Crippen LogP contribution in [-0.2, 0) is 0 Å². The normalized spacial score (nSPS) is 10.6. The van der Waals surface area contributed by atoms with Crippen molar-refractivity contribution in [1.82, 2.24) is 5.32 Å². The van der Waals surface area contributed by atoms with E-state index in [0.717, 1.165) is 11.0 Å². The molecular weight excluding hydrogens is 190 g/mol. The average Bonchev–Trinajstić information content (AvgIpc) is 2.60. The third-order valence-corrected chi connectivity index (χ3v) is 2.58. The van der Waals surface area contributed by atoms with Crippen LogP contribution in [0.3, 0.4) is 0 Å². The van der Waals surface area contributed by atoms with Crippen molar-refractivity contribution in [3.8, 4) is 0 Å². The van der Waals surface area contributed by atoms with E-state index >= 15 is 0 Å². The summed E-state index contributed by atoms with van der Waals surface area (Å²) in [5.74, 6) is 0.166. The van der Waals surface area contributed by atoms with Crippen molar-refractivity contribution >= 4 is 16.9 Å². The number of aryl methyl sites for hydroxylation is 2. The van der Waals surface area contributed by atoms with Crippen molar-refractivity contribution in [3.63, 3.8) is 0 Å². The molecule has 0 atom stereocenters. The molecule has 0 radical (unpaired) electrons. The van der Waals surface area contributed by atoms with E-state index in [2.05, 4.69) is 5.32 Å². The summed E-state index contributed by atoms with van der Waals surface area (Å²) in [4.78, 5) is 11.3. The first-order valence-electron chi connectivity index (χ1n) is 4.84. The van der Waals surface area contributed by atoms with Gasteiger partial charge in [0.15, 0.2) is 5.76 Å². The molecule has 0 unspecified atom stereocenters. The number of hydrogen-bond acceptors (Lipinski definition) is 2. The summed E-state index contributed by atoms with van der Waals surface area (Å²) in [6.07, 6.45) is 0. The second-order valence-corrected chi connectivity index (χ2v) is 3.66. The monoisotopic (exact) mass is 203 g/mol. The quantitative estimate of drug-likeness (QED) is 0.773. The number of nitrogens with one attached hydrogen (secondary N) is 1. The molecule has 1 amide bonds. The molecule has 0 aliphatic carbocycles. The van der Waals surface area contributed by atoms with E-state index in [4.69, 9.17) is 4.42 Å². The minimum atomic E-state index is -0.193. The van der Waals surface area contributed by atoms with Crippen LogP contribution in [0.1, 0.15) is 21.7 Å². The van der Waals surface area contributed by atoms with Crippen LogP contribution in [0.15, 0.2) is 22.6 Å². The number of hydrogen-bond donors (Lipinski definition) is 1. The molecule has 3 nitrogen and oxygen atoms in total. The molecule has 15 heavy (non-hydrogen) atoms. The van der Waals surface area contributed by atoms with Gasteiger partial charge in [0, 0.05) is 12.4 Å². The maximum atomic E-state index is 11.3. The third-order valence-electron chi connectivity index (χ3n) is 2.58. The summed E-state index contributed by atoms with van der Waals surface area (Å²) < 4.78 is 5.44. The minimum Gasteiger partial charge on any atom is -0.451 e. The highest BCUT2D eigenvalue weighted by atomic mass is 16.3. The molecule has 0 aliphatic rings. The average molecular weight is 203 g/mol. The first-order valence-corrected chi connectivity index (χ1v) is 4.84. The zero-order valence-electron chi connectivity index (χ0n) is 9.05. The van der Waals surface area contributed by atoms with Crippen LogP contribution in [0.4, 0.5) is 0 Å². The highest BCUT2D eigenvalue weighted by molar-refractivity contribution is 5.96. The summed E-state index contributed by atoms with van der Waals surface area (Å²) >= 11 is 0. The Bertz CT molecular complexity index is 487. The van der Waals surface area contributed by atoms with Gasteiger partial charge in [-0.25, -0.2) is 0 Å². The highest BCUT2D eigenvalue weighted by Crippen LogP contribution is 2.22. The highest BCUT2D eigenvalue weighted by Gasteiger charge is 2.10. The maximum Gasteiger partial charge on any atom is 0.286 e.